The van der Waals surface area contributed by atoms with Gasteiger partial charge in [0, 0.05) is 24.9 Å². The van der Waals surface area contributed by atoms with Gasteiger partial charge in [0.05, 0.1) is 18.9 Å². The summed E-state index contributed by atoms with van der Waals surface area (Å²) in [6, 6.07) is 8.80. The molecule has 3 aromatic rings. The van der Waals surface area contributed by atoms with Gasteiger partial charge in [-0.25, -0.2) is 0 Å². The molecule has 1 fully saturated rings. The van der Waals surface area contributed by atoms with Gasteiger partial charge >= 0.3 is 0 Å². The number of anilines is 2. The molecule has 2 atom stereocenters. The smallest absolute Gasteiger partial charge is 0.273 e. The Balaban J connectivity index is 1.80. The number of nitrogen functional groups attached to an aromatic ring is 1. The van der Waals surface area contributed by atoms with Crippen LogP contribution in [0.25, 0.3) is 0 Å². The molecule has 0 radical (unpaired) electrons. The van der Waals surface area contributed by atoms with Gasteiger partial charge in [0.2, 0.25) is 0 Å². The number of hydrogen-bond donors (Lipinski definition) is 3. The molecule has 0 aliphatic carbocycles. The maximum Gasteiger partial charge on any atom is 0.273 e. The normalized spacial score (nSPS) is 15.9. The van der Waals surface area contributed by atoms with Crippen molar-refractivity contribution in [1.82, 2.24) is 9.69 Å². The Kier molecular flexibility index (Phi) is 7.55. The molecule has 3 amide bonds. The van der Waals surface area contributed by atoms with Crippen molar-refractivity contribution in [2.45, 2.75) is 31.9 Å². The van der Waals surface area contributed by atoms with Crippen molar-refractivity contribution in [3.8, 4) is 5.75 Å². The van der Waals surface area contributed by atoms with Crippen molar-refractivity contribution in [3.05, 3.63) is 58.5 Å². The molecule has 3 heterocycles. The SMILES string of the molecule is COc1cccc(N(C(=O)c2snc(C(N)=O)c2N)C(C(=O)NCC2CCCO2)c2ccc(C)o2)c1. The highest BCUT2D eigenvalue weighted by molar-refractivity contribution is 7.09. The van der Waals surface area contributed by atoms with Gasteiger partial charge in [-0.3, -0.25) is 19.3 Å². The number of nitrogens with zero attached hydrogens (tertiary/aromatic N) is 2. The summed E-state index contributed by atoms with van der Waals surface area (Å²) in [4.78, 5) is 40.5. The van der Waals surface area contributed by atoms with E-state index in [-0.39, 0.29) is 34.7 Å². The molecular weight excluding hydrogens is 486 g/mol. The van der Waals surface area contributed by atoms with Gasteiger partial charge in [-0.15, -0.1) is 0 Å². The Hall–Kier alpha value is -3.90. The fourth-order valence-corrected chi connectivity index (χ4v) is 4.72. The van der Waals surface area contributed by atoms with Crippen LogP contribution < -0.4 is 26.4 Å². The van der Waals surface area contributed by atoms with Gasteiger partial charge in [-0.2, -0.15) is 4.37 Å². The maximum absolute atomic E-state index is 14.0. The van der Waals surface area contributed by atoms with Crippen LogP contribution in [0.15, 0.2) is 40.8 Å². The second-order valence-electron chi connectivity index (χ2n) is 8.25. The topological polar surface area (TPSA) is 163 Å². The number of aryl methyl sites for hydroxylation is 1. The van der Waals surface area contributed by atoms with Crippen LogP contribution in [-0.4, -0.2) is 48.5 Å². The zero-order chi connectivity index (χ0) is 25.8. The van der Waals surface area contributed by atoms with Crippen LogP contribution in [-0.2, 0) is 9.53 Å². The predicted octanol–water partition coefficient (Wildman–Crippen LogP) is 2.42. The zero-order valence-corrected chi connectivity index (χ0v) is 20.7. The number of nitrogens with two attached hydrogens (primary N) is 2. The van der Waals surface area contributed by atoms with Gasteiger partial charge in [0.1, 0.15) is 22.1 Å². The summed E-state index contributed by atoms with van der Waals surface area (Å²) in [5, 5.41) is 2.89. The van der Waals surface area contributed by atoms with E-state index >= 15 is 0 Å². The molecule has 190 valence electrons. The fraction of sp³-hybridized carbons (Fsp3) is 0.333. The first-order valence-corrected chi connectivity index (χ1v) is 12.1. The Morgan fingerprint density at radius 2 is 2.11 bits per heavy atom. The van der Waals surface area contributed by atoms with Crippen molar-refractivity contribution in [2.24, 2.45) is 5.73 Å². The fourth-order valence-electron chi connectivity index (χ4n) is 3.97. The molecule has 1 saturated heterocycles. The van der Waals surface area contributed by atoms with E-state index in [1.165, 1.54) is 12.0 Å². The van der Waals surface area contributed by atoms with E-state index in [4.69, 9.17) is 25.4 Å². The van der Waals surface area contributed by atoms with Crippen molar-refractivity contribution in [1.29, 1.82) is 0 Å². The third kappa shape index (κ3) is 5.19. The number of furan rings is 1. The summed E-state index contributed by atoms with van der Waals surface area (Å²) in [6.07, 6.45) is 1.64. The van der Waals surface area contributed by atoms with Gasteiger partial charge in [-0.1, -0.05) is 6.07 Å². The largest absolute Gasteiger partial charge is 0.497 e. The van der Waals surface area contributed by atoms with Gasteiger partial charge in [0.25, 0.3) is 17.7 Å². The number of aromatic nitrogens is 1. The standard InChI is InChI=1S/C24H27N5O6S/c1-13-8-9-17(35-13)20(23(31)27-12-16-7-4-10-34-16)29(14-5-3-6-15(11-14)33-2)24(32)21-18(25)19(22(26)30)28-36-21/h3,5-6,8-9,11,16,20H,4,7,10,12,25H2,1-2H3,(H2,26,30)(H,27,31). The highest BCUT2D eigenvalue weighted by Crippen LogP contribution is 2.35. The summed E-state index contributed by atoms with van der Waals surface area (Å²) in [7, 11) is 1.49. The zero-order valence-electron chi connectivity index (χ0n) is 19.9. The Labute approximate surface area is 211 Å². The van der Waals surface area contributed by atoms with E-state index in [9.17, 15) is 14.4 Å². The highest BCUT2D eigenvalue weighted by atomic mass is 32.1. The number of methoxy groups -OCH3 is 1. The first kappa shape index (κ1) is 25.2. The Morgan fingerprint density at radius 3 is 2.72 bits per heavy atom. The Bertz CT molecular complexity index is 1270. The average molecular weight is 514 g/mol. The molecule has 12 heteroatoms. The van der Waals surface area contributed by atoms with Crippen LogP contribution >= 0.6 is 11.5 Å². The van der Waals surface area contributed by atoms with Crippen LogP contribution in [0.3, 0.4) is 0 Å². The van der Waals surface area contributed by atoms with E-state index in [0.717, 1.165) is 24.4 Å². The molecule has 36 heavy (non-hydrogen) atoms. The van der Waals surface area contributed by atoms with Gasteiger partial charge in [0.15, 0.2) is 11.7 Å². The van der Waals surface area contributed by atoms with Crippen molar-refractivity contribution in [2.75, 3.05) is 30.9 Å². The molecule has 5 N–H and O–H groups in total. The van der Waals surface area contributed by atoms with Crippen molar-refractivity contribution >= 4 is 40.6 Å². The summed E-state index contributed by atoms with van der Waals surface area (Å²) < 4.78 is 20.7. The number of primary amides is 1. The number of nitrogens with one attached hydrogen (secondary N) is 1. The number of carbonyl (C=O) groups excluding carboxylic acids is 3. The second-order valence-corrected chi connectivity index (χ2v) is 9.02. The number of rotatable bonds is 9. The lowest BCUT2D eigenvalue weighted by atomic mass is 10.1. The quantitative estimate of drug-likeness (QED) is 0.393. The van der Waals surface area contributed by atoms with Crippen LogP contribution in [0.1, 0.15) is 50.6 Å². The molecule has 1 aliphatic heterocycles. The van der Waals surface area contributed by atoms with Crippen LogP contribution in [0, 0.1) is 6.92 Å². The van der Waals surface area contributed by atoms with Crippen LogP contribution in [0.4, 0.5) is 11.4 Å². The van der Waals surface area contributed by atoms with Crippen LogP contribution in [0.2, 0.25) is 0 Å². The maximum atomic E-state index is 14.0. The molecular formula is C24H27N5O6S. The van der Waals surface area contributed by atoms with Gasteiger partial charge < -0.3 is 30.7 Å². The molecule has 0 bridgehead atoms. The van der Waals surface area contributed by atoms with E-state index in [2.05, 4.69) is 9.69 Å². The van der Waals surface area contributed by atoms with E-state index in [1.54, 1.807) is 43.3 Å². The molecule has 2 unspecified atom stereocenters. The minimum Gasteiger partial charge on any atom is -0.497 e. The summed E-state index contributed by atoms with van der Waals surface area (Å²) in [5.74, 6) is -0.718. The number of carbonyl (C=O) groups is 3. The third-order valence-electron chi connectivity index (χ3n) is 5.77. The number of hydrogen-bond acceptors (Lipinski definition) is 9. The number of amides is 3. The molecule has 0 spiro atoms. The van der Waals surface area contributed by atoms with Crippen molar-refractivity contribution < 1.29 is 28.3 Å². The Morgan fingerprint density at radius 1 is 1.31 bits per heavy atom. The third-order valence-corrected chi connectivity index (χ3v) is 6.62. The first-order valence-electron chi connectivity index (χ1n) is 11.3. The first-order chi connectivity index (χ1) is 17.3. The molecule has 1 aromatic carbocycles. The second kappa shape index (κ2) is 10.8. The predicted molar refractivity (Wildman–Crippen MR) is 133 cm³/mol. The lowest BCUT2D eigenvalue weighted by Crippen LogP contribution is -2.45. The molecule has 11 nitrogen and oxygen atoms in total. The number of benzene rings is 1. The molecule has 1 aliphatic rings. The number of ether oxygens (including phenoxy) is 2. The highest BCUT2D eigenvalue weighted by Gasteiger charge is 2.38. The summed E-state index contributed by atoms with van der Waals surface area (Å²) in [6.45, 7) is 2.66. The average Bonchev–Trinajstić information content (AvgIpc) is 3.62. The summed E-state index contributed by atoms with van der Waals surface area (Å²) >= 11 is 0.728. The lowest BCUT2D eigenvalue weighted by Gasteiger charge is -2.30. The monoisotopic (exact) mass is 513 g/mol. The minimum atomic E-state index is -1.21. The van der Waals surface area contributed by atoms with Crippen molar-refractivity contribution in [3.63, 3.8) is 0 Å². The summed E-state index contributed by atoms with van der Waals surface area (Å²) in [5.41, 5.74) is 11.4. The van der Waals surface area contributed by atoms with E-state index in [1.807, 2.05) is 0 Å². The molecule has 2 aromatic heterocycles. The molecule has 0 saturated carbocycles. The van der Waals surface area contributed by atoms with E-state index < -0.39 is 23.8 Å². The lowest BCUT2D eigenvalue weighted by molar-refractivity contribution is -0.123. The van der Waals surface area contributed by atoms with Crippen LogP contribution in [0.5, 0.6) is 5.75 Å². The van der Waals surface area contributed by atoms with E-state index in [0.29, 0.717) is 23.8 Å². The molecule has 4 rings (SSSR count). The minimum absolute atomic E-state index is 0.0353. The van der Waals surface area contributed by atoms with Gasteiger partial charge in [-0.05, 0) is 55.6 Å².